The van der Waals surface area contributed by atoms with E-state index in [9.17, 15) is 4.79 Å². The zero-order valence-electron chi connectivity index (χ0n) is 5.63. The summed E-state index contributed by atoms with van der Waals surface area (Å²) < 4.78 is 0. The number of thiol groups is 1. The van der Waals surface area contributed by atoms with Crippen LogP contribution >= 0.6 is 12.6 Å². The summed E-state index contributed by atoms with van der Waals surface area (Å²) in [5.41, 5.74) is 5.52. The van der Waals surface area contributed by atoms with E-state index < -0.39 is 0 Å². The molecule has 0 aliphatic rings. The number of carbonyl (C=O) groups is 1. The van der Waals surface area contributed by atoms with E-state index >= 15 is 0 Å². The number of nitrogens with two attached hydrogens (primary N) is 1. The normalized spacial score (nSPS) is 13.2. The summed E-state index contributed by atoms with van der Waals surface area (Å²) in [4.78, 5) is 10.3. The van der Waals surface area contributed by atoms with Gasteiger partial charge in [0.2, 0.25) is 0 Å². The molecule has 2 nitrogen and oxygen atoms in total. The van der Waals surface area contributed by atoms with E-state index in [4.69, 9.17) is 5.73 Å². The van der Waals surface area contributed by atoms with Gasteiger partial charge in [-0.2, -0.15) is 0 Å². The van der Waals surface area contributed by atoms with Gasteiger partial charge in [0, 0.05) is 12.5 Å². The lowest BCUT2D eigenvalue weighted by Crippen LogP contribution is -2.21. The highest BCUT2D eigenvalue weighted by atomic mass is 32.1. The fourth-order valence-corrected chi connectivity index (χ4v) is 0.932. The van der Waals surface area contributed by atoms with E-state index in [2.05, 4.69) is 12.6 Å². The van der Waals surface area contributed by atoms with E-state index in [-0.39, 0.29) is 11.2 Å². The fourth-order valence-electron chi connectivity index (χ4n) is 0.697. The van der Waals surface area contributed by atoms with Crippen molar-refractivity contribution in [1.82, 2.24) is 0 Å². The maximum atomic E-state index is 10.3. The first-order valence-electron chi connectivity index (χ1n) is 3.14. The highest BCUT2D eigenvalue weighted by Crippen LogP contribution is 1.99. The molecular formula is C6H13NOS. The average molecular weight is 147 g/mol. The van der Waals surface area contributed by atoms with Crippen molar-refractivity contribution < 1.29 is 4.79 Å². The molecule has 3 heteroatoms. The Morgan fingerprint density at radius 3 is 2.67 bits per heavy atom. The van der Waals surface area contributed by atoms with Crippen molar-refractivity contribution in [2.45, 2.75) is 32.2 Å². The molecule has 0 aromatic carbocycles. The molecule has 1 atom stereocenters. The van der Waals surface area contributed by atoms with Crippen molar-refractivity contribution >= 4 is 17.7 Å². The van der Waals surface area contributed by atoms with Gasteiger partial charge < -0.3 is 5.73 Å². The fraction of sp³-hybridized carbons (Fsp3) is 0.833. The maximum Gasteiger partial charge on any atom is 0.187 e. The Bertz CT molecular complexity index is 95.1. The lowest BCUT2D eigenvalue weighted by Gasteiger charge is -2.04. The molecule has 0 bridgehead atoms. The molecule has 0 aliphatic heterocycles. The van der Waals surface area contributed by atoms with Crippen LogP contribution in [0.15, 0.2) is 0 Å². The third kappa shape index (κ3) is 5.86. The van der Waals surface area contributed by atoms with E-state index in [1.807, 2.05) is 6.92 Å². The Morgan fingerprint density at radius 2 is 2.33 bits per heavy atom. The van der Waals surface area contributed by atoms with Crippen LogP contribution < -0.4 is 5.73 Å². The first kappa shape index (κ1) is 8.98. The molecule has 0 aromatic heterocycles. The van der Waals surface area contributed by atoms with Gasteiger partial charge in [0.05, 0.1) is 0 Å². The highest BCUT2D eigenvalue weighted by Gasteiger charge is 2.03. The van der Waals surface area contributed by atoms with Crippen molar-refractivity contribution in [3.8, 4) is 0 Å². The van der Waals surface area contributed by atoms with Gasteiger partial charge in [-0.1, -0.05) is 13.3 Å². The number of hydrogen-bond acceptors (Lipinski definition) is 2. The van der Waals surface area contributed by atoms with Gasteiger partial charge in [-0.3, -0.25) is 4.79 Å². The standard InChI is InChI=1S/C6H13NOS/c1-2-3-5(7)4-6(8)9/h5H,2-4,7H2,1H3,(H,8,9)/t5-/m0/s1. The van der Waals surface area contributed by atoms with Gasteiger partial charge >= 0.3 is 0 Å². The Labute approximate surface area is 61.2 Å². The van der Waals surface area contributed by atoms with Crippen molar-refractivity contribution in [2.75, 3.05) is 0 Å². The SMILES string of the molecule is CCC[C@H](N)CC(=O)S. The second-order valence-electron chi connectivity index (χ2n) is 2.15. The quantitative estimate of drug-likeness (QED) is 0.582. The van der Waals surface area contributed by atoms with Gasteiger partial charge in [0.15, 0.2) is 5.12 Å². The summed E-state index contributed by atoms with van der Waals surface area (Å²) >= 11 is 3.61. The van der Waals surface area contributed by atoms with Crippen molar-refractivity contribution in [3.63, 3.8) is 0 Å². The number of hydrogen-bond donors (Lipinski definition) is 2. The molecule has 0 amide bonds. The highest BCUT2D eigenvalue weighted by molar-refractivity contribution is 7.96. The Morgan fingerprint density at radius 1 is 1.78 bits per heavy atom. The second kappa shape index (κ2) is 4.82. The third-order valence-electron chi connectivity index (χ3n) is 1.10. The van der Waals surface area contributed by atoms with Crippen LogP contribution in [0.5, 0.6) is 0 Å². The van der Waals surface area contributed by atoms with E-state index in [1.54, 1.807) is 0 Å². The zero-order valence-corrected chi connectivity index (χ0v) is 6.53. The third-order valence-corrected chi connectivity index (χ3v) is 1.28. The zero-order chi connectivity index (χ0) is 7.28. The van der Waals surface area contributed by atoms with Gasteiger partial charge in [0.1, 0.15) is 0 Å². The lowest BCUT2D eigenvalue weighted by molar-refractivity contribution is -0.111. The van der Waals surface area contributed by atoms with Crippen LogP contribution in [-0.4, -0.2) is 11.2 Å². The molecule has 0 spiro atoms. The molecule has 0 unspecified atom stereocenters. The molecule has 54 valence electrons. The predicted octanol–water partition coefficient (Wildman–Crippen LogP) is 0.960. The second-order valence-corrected chi connectivity index (χ2v) is 2.65. The number of carbonyl (C=O) groups excluding carboxylic acids is 1. The van der Waals surface area contributed by atoms with Crippen LogP contribution in [0.25, 0.3) is 0 Å². The minimum absolute atomic E-state index is 0.0139. The van der Waals surface area contributed by atoms with Crippen LogP contribution in [0.3, 0.4) is 0 Å². The molecule has 0 fully saturated rings. The molecular weight excluding hydrogens is 134 g/mol. The van der Waals surface area contributed by atoms with Crippen molar-refractivity contribution in [1.29, 1.82) is 0 Å². The summed E-state index contributed by atoms with van der Waals surface area (Å²) in [6.45, 7) is 2.04. The maximum absolute atomic E-state index is 10.3. The molecule has 9 heavy (non-hydrogen) atoms. The Balaban J connectivity index is 3.26. The Hall–Kier alpha value is -0.0200. The van der Waals surface area contributed by atoms with Crippen LogP contribution in [0.2, 0.25) is 0 Å². The first-order valence-corrected chi connectivity index (χ1v) is 3.59. The van der Waals surface area contributed by atoms with E-state index in [0.29, 0.717) is 6.42 Å². The van der Waals surface area contributed by atoms with Crippen molar-refractivity contribution in [3.05, 3.63) is 0 Å². The van der Waals surface area contributed by atoms with Crippen LogP contribution in [0.1, 0.15) is 26.2 Å². The molecule has 0 saturated heterocycles. The smallest absolute Gasteiger partial charge is 0.187 e. The Kier molecular flexibility index (Phi) is 4.81. The summed E-state index contributed by atoms with van der Waals surface area (Å²) in [6.07, 6.45) is 2.34. The minimum Gasteiger partial charge on any atom is -0.327 e. The first-order chi connectivity index (χ1) is 4.16. The summed E-state index contributed by atoms with van der Waals surface area (Å²) in [5.74, 6) is 0. The summed E-state index contributed by atoms with van der Waals surface area (Å²) in [6, 6.07) is 0.0139. The van der Waals surface area contributed by atoms with Gasteiger partial charge in [-0.15, -0.1) is 12.6 Å². The van der Waals surface area contributed by atoms with Gasteiger partial charge in [-0.05, 0) is 6.42 Å². The predicted molar refractivity (Wildman–Crippen MR) is 41.5 cm³/mol. The topological polar surface area (TPSA) is 43.1 Å². The molecule has 0 aliphatic carbocycles. The average Bonchev–Trinajstić information content (AvgIpc) is 1.63. The number of rotatable bonds is 4. The van der Waals surface area contributed by atoms with Crippen LogP contribution in [0.4, 0.5) is 0 Å². The molecule has 2 N–H and O–H groups in total. The van der Waals surface area contributed by atoms with E-state index in [0.717, 1.165) is 12.8 Å². The monoisotopic (exact) mass is 147 g/mol. The van der Waals surface area contributed by atoms with Crippen LogP contribution in [0, 0.1) is 0 Å². The summed E-state index contributed by atoms with van der Waals surface area (Å²) in [5, 5.41) is -0.115. The summed E-state index contributed by atoms with van der Waals surface area (Å²) in [7, 11) is 0. The van der Waals surface area contributed by atoms with Crippen molar-refractivity contribution in [2.24, 2.45) is 5.73 Å². The molecule has 0 rings (SSSR count). The lowest BCUT2D eigenvalue weighted by atomic mass is 10.1. The minimum atomic E-state index is -0.115. The van der Waals surface area contributed by atoms with Crippen LogP contribution in [-0.2, 0) is 4.79 Å². The molecule has 0 saturated carbocycles. The van der Waals surface area contributed by atoms with Gasteiger partial charge in [-0.25, -0.2) is 0 Å². The molecule has 0 radical (unpaired) electrons. The largest absolute Gasteiger partial charge is 0.327 e. The van der Waals surface area contributed by atoms with Gasteiger partial charge in [0.25, 0.3) is 0 Å². The molecule has 0 heterocycles. The van der Waals surface area contributed by atoms with E-state index in [1.165, 1.54) is 0 Å². The molecule has 0 aromatic rings.